The molecule has 2 rings (SSSR count). The summed E-state index contributed by atoms with van der Waals surface area (Å²) in [6.45, 7) is 3.48. The van der Waals surface area contributed by atoms with Crippen LogP contribution in [0.15, 0.2) is 12.3 Å². The van der Waals surface area contributed by atoms with Crippen molar-refractivity contribution >= 4 is 0 Å². The van der Waals surface area contributed by atoms with E-state index in [2.05, 4.69) is 37.5 Å². The van der Waals surface area contributed by atoms with Crippen molar-refractivity contribution in [3.05, 3.63) is 18.0 Å². The lowest BCUT2D eigenvalue weighted by molar-refractivity contribution is 0.130. The van der Waals surface area contributed by atoms with Crippen LogP contribution in [0.3, 0.4) is 0 Å². The molecule has 0 bridgehead atoms. The second-order valence-electron chi connectivity index (χ2n) is 7.06. The average Bonchev–Trinajstić information content (AvgIpc) is 2.90. The van der Waals surface area contributed by atoms with Crippen molar-refractivity contribution in [1.82, 2.24) is 15.1 Å². The Hall–Kier alpha value is -0.830. The number of nitrogens with one attached hydrogen (secondary N) is 1. The second kappa shape index (κ2) is 7.98. The van der Waals surface area contributed by atoms with Gasteiger partial charge in [-0.2, -0.15) is 5.10 Å². The SMILES string of the molecule is CCCCC1CCC(CCc2ccnn2C)(CNC)CC1. The summed E-state index contributed by atoms with van der Waals surface area (Å²) < 4.78 is 2.03. The first-order chi connectivity index (χ1) is 10.2. The molecule has 0 atom stereocenters. The lowest BCUT2D eigenvalue weighted by Gasteiger charge is -2.40. The standard InChI is InChI=1S/C18H33N3/c1-4-5-6-16-7-11-18(12-8-16,15-19-2)13-9-17-10-14-20-21(17)3/h10,14,16,19H,4-9,11-13,15H2,1-3H3. The first-order valence-corrected chi connectivity index (χ1v) is 8.80. The van der Waals surface area contributed by atoms with Crippen LogP contribution in [0, 0.1) is 11.3 Å². The van der Waals surface area contributed by atoms with E-state index in [0.717, 1.165) is 12.3 Å². The molecule has 1 N–H and O–H groups in total. The van der Waals surface area contributed by atoms with Crippen molar-refractivity contribution in [3.8, 4) is 0 Å². The van der Waals surface area contributed by atoms with Crippen LogP contribution in [0.4, 0.5) is 0 Å². The number of unbranched alkanes of at least 4 members (excludes halogenated alkanes) is 1. The quantitative estimate of drug-likeness (QED) is 0.786. The monoisotopic (exact) mass is 291 g/mol. The van der Waals surface area contributed by atoms with Crippen LogP contribution < -0.4 is 5.32 Å². The molecular formula is C18H33N3. The van der Waals surface area contributed by atoms with Gasteiger partial charge in [0.25, 0.3) is 0 Å². The minimum absolute atomic E-state index is 0.516. The van der Waals surface area contributed by atoms with Crippen LogP contribution in [0.5, 0.6) is 0 Å². The molecular weight excluding hydrogens is 258 g/mol. The predicted octanol–water partition coefficient (Wildman–Crippen LogP) is 3.94. The van der Waals surface area contributed by atoms with E-state index in [4.69, 9.17) is 0 Å². The summed E-state index contributed by atoms with van der Waals surface area (Å²) >= 11 is 0. The summed E-state index contributed by atoms with van der Waals surface area (Å²) in [6, 6.07) is 2.17. The fourth-order valence-electron chi connectivity index (χ4n) is 4.00. The summed E-state index contributed by atoms with van der Waals surface area (Å²) in [5, 5.41) is 7.75. The second-order valence-corrected chi connectivity index (χ2v) is 7.06. The number of aromatic nitrogens is 2. The minimum atomic E-state index is 0.516. The van der Waals surface area contributed by atoms with Gasteiger partial charge in [-0.15, -0.1) is 0 Å². The Morgan fingerprint density at radius 3 is 2.71 bits per heavy atom. The van der Waals surface area contributed by atoms with Crippen LogP contribution in [-0.2, 0) is 13.5 Å². The highest BCUT2D eigenvalue weighted by Crippen LogP contribution is 2.43. The number of aryl methyl sites for hydroxylation is 2. The van der Waals surface area contributed by atoms with Crippen molar-refractivity contribution in [2.45, 2.75) is 64.7 Å². The highest BCUT2D eigenvalue weighted by molar-refractivity contribution is 5.02. The molecule has 0 amide bonds. The first kappa shape index (κ1) is 16.5. The highest BCUT2D eigenvalue weighted by atomic mass is 15.2. The summed E-state index contributed by atoms with van der Waals surface area (Å²) in [7, 11) is 4.16. The van der Waals surface area contributed by atoms with Crippen LogP contribution in [0.2, 0.25) is 0 Å². The minimum Gasteiger partial charge on any atom is -0.319 e. The van der Waals surface area contributed by atoms with Gasteiger partial charge in [0.1, 0.15) is 0 Å². The molecule has 1 aliphatic rings. The fraction of sp³-hybridized carbons (Fsp3) is 0.833. The maximum Gasteiger partial charge on any atom is 0.0492 e. The lowest BCUT2D eigenvalue weighted by Crippen LogP contribution is -2.37. The van der Waals surface area contributed by atoms with Gasteiger partial charge in [-0.25, -0.2) is 0 Å². The van der Waals surface area contributed by atoms with E-state index >= 15 is 0 Å². The zero-order chi connectivity index (χ0) is 15.1. The van der Waals surface area contributed by atoms with Crippen molar-refractivity contribution < 1.29 is 0 Å². The molecule has 0 unspecified atom stereocenters. The van der Waals surface area contributed by atoms with Crippen LogP contribution in [-0.4, -0.2) is 23.4 Å². The van der Waals surface area contributed by atoms with Crippen LogP contribution in [0.25, 0.3) is 0 Å². The van der Waals surface area contributed by atoms with Gasteiger partial charge in [-0.05, 0) is 63.0 Å². The maximum atomic E-state index is 4.30. The summed E-state index contributed by atoms with van der Waals surface area (Å²) in [6.07, 6.45) is 14.3. The largest absolute Gasteiger partial charge is 0.319 e. The Morgan fingerprint density at radius 1 is 1.38 bits per heavy atom. The van der Waals surface area contributed by atoms with Crippen molar-refractivity contribution in [2.24, 2.45) is 18.4 Å². The molecule has 1 aliphatic carbocycles. The van der Waals surface area contributed by atoms with Crippen molar-refractivity contribution in [1.29, 1.82) is 0 Å². The first-order valence-electron chi connectivity index (χ1n) is 8.80. The van der Waals surface area contributed by atoms with E-state index in [1.807, 2.05) is 10.9 Å². The third-order valence-electron chi connectivity index (χ3n) is 5.52. The van der Waals surface area contributed by atoms with Gasteiger partial charge < -0.3 is 5.32 Å². The Kier molecular flexibility index (Phi) is 6.28. The Morgan fingerprint density at radius 2 is 2.14 bits per heavy atom. The highest BCUT2D eigenvalue weighted by Gasteiger charge is 2.34. The normalized spacial score (nSPS) is 26.1. The number of nitrogens with zero attached hydrogens (tertiary/aromatic N) is 2. The predicted molar refractivity (Wildman–Crippen MR) is 89.4 cm³/mol. The van der Waals surface area contributed by atoms with Gasteiger partial charge in [-0.3, -0.25) is 4.68 Å². The molecule has 1 aromatic heterocycles. The lowest BCUT2D eigenvalue weighted by atomic mass is 9.67. The van der Waals surface area contributed by atoms with Gasteiger partial charge in [0.05, 0.1) is 0 Å². The third-order valence-corrected chi connectivity index (χ3v) is 5.52. The Labute approximate surface area is 130 Å². The molecule has 1 fully saturated rings. The molecule has 0 aromatic carbocycles. The van der Waals surface area contributed by atoms with E-state index in [1.165, 1.54) is 63.6 Å². The molecule has 0 spiro atoms. The summed E-state index contributed by atoms with van der Waals surface area (Å²) in [4.78, 5) is 0. The summed E-state index contributed by atoms with van der Waals surface area (Å²) in [5.74, 6) is 0.992. The fourth-order valence-corrected chi connectivity index (χ4v) is 4.00. The molecule has 1 saturated carbocycles. The zero-order valence-electron chi connectivity index (χ0n) is 14.2. The molecule has 3 nitrogen and oxygen atoms in total. The van der Waals surface area contributed by atoms with E-state index in [-0.39, 0.29) is 0 Å². The van der Waals surface area contributed by atoms with E-state index in [1.54, 1.807) is 0 Å². The maximum absolute atomic E-state index is 4.30. The van der Waals surface area contributed by atoms with Gasteiger partial charge in [0, 0.05) is 25.5 Å². The smallest absolute Gasteiger partial charge is 0.0492 e. The summed E-state index contributed by atoms with van der Waals surface area (Å²) in [5.41, 5.74) is 1.89. The molecule has 0 radical (unpaired) electrons. The average molecular weight is 291 g/mol. The van der Waals surface area contributed by atoms with Crippen molar-refractivity contribution in [2.75, 3.05) is 13.6 Å². The third kappa shape index (κ3) is 4.57. The van der Waals surface area contributed by atoms with Gasteiger partial charge in [0.2, 0.25) is 0 Å². The van der Waals surface area contributed by atoms with Crippen molar-refractivity contribution in [3.63, 3.8) is 0 Å². The molecule has 1 aromatic rings. The van der Waals surface area contributed by atoms with E-state index < -0.39 is 0 Å². The molecule has 21 heavy (non-hydrogen) atoms. The van der Waals surface area contributed by atoms with Gasteiger partial charge >= 0.3 is 0 Å². The Balaban J connectivity index is 1.88. The van der Waals surface area contributed by atoms with E-state index in [9.17, 15) is 0 Å². The van der Waals surface area contributed by atoms with E-state index in [0.29, 0.717) is 5.41 Å². The topological polar surface area (TPSA) is 29.9 Å². The van der Waals surface area contributed by atoms with Gasteiger partial charge in [-0.1, -0.05) is 26.2 Å². The van der Waals surface area contributed by atoms with Gasteiger partial charge in [0.15, 0.2) is 0 Å². The molecule has 3 heteroatoms. The van der Waals surface area contributed by atoms with Crippen LogP contribution >= 0.6 is 0 Å². The number of hydrogen-bond donors (Lipinski definition) is 1. The molecule has 0 aliphatic heterocycles. The zero-order valence-corrected chi connectivity index (χ0v) is 14.2. The molecule has 1 heterocycles. The molecule has 0 saturated heterocycles. The number of rotatable bonds is 8. The Bertz CT molecular complexity index is 402. The number of hydrogen-bond acceptors (Lipinski definition) is 2. The van der Waals surface area contributed by atoms with Crippen LogP contribution in [0.1, 0.15) is 64.0 Å². The molecule has 120 valence electrons.